The van der Waals surface area contributed by atoms with Crippen molar-refractivity contribution in [3.63, 3.8) is 0 Å². The summed E-state index contributed by atoms with van der Waals surface area (Å²) in [5, 5.41) is 18.2. The fraction of sp³-hybridized carbons (Fsp3) is 0.577. The lowest BCUT2D eigenvalue weighted by atomic mass is 9.76. The number of carbonyl (C=O) groups excluding carboxylic acids is 1. The van der Waals surface area contributed by atoms with Crippen molar-refractivity contribution >= 4 is 32.8 Å². The van der Waals surface area contributed by atoms with Crippen molar-refractivity contribution in [1.82, 2.24) is 10.6 Å². The van der Waals surface area contributed by atoms with Gasteiger partial charge in [-0.3, -0.25) is 4.79 Å². The molecule has 1 unspecified atom stereocenters. The topological polar surface area (TPSA) is 123 Å². The fourth-order valence-electron chi connectivity index (χ4n) is 4.26. The Bertz CT molecular complexity index is 1180. The van der Waals surface area contributed by atoms with Gasteiger partial charge in [-0.2, -0.15) is 5.26 Å². The second kappa shape index (κ2) is 10.5. The lowest BCUT2D eigenvalue weighted by Gasteiger charge is -2.31. The van der Waals surface area contributed by atoms with Gasteiger partial charge in [0.25, 0.3) is 5.91 Å². The highest BCUT2D eigenvalue weighted by Crippen LogP contribution is 2.41. The molecule has 0 radical (unpaired) electrons. The number of nitrogens with zero attached hydrogens (tertiary/aromatic N) is 2. The third-order valence-electron chi connectivity index (χ3n) is 6.70. The number of aliphatic imine (C=N–C) groups is 1. The SMILES string of the molecule is CC1(C)CC=C(c2cc(C(C)(C)CNCCS(C)(=O)=O)ccc2NC(=O)C2=NC(C#N)CN2)CC1. The zero-order chi connectivity index (χ0) is 25.9. The summed E-state index contributed by atoms with van der Waals surface area (Å²) in [6.45, 7) is 10.1. The van der Waals surface area contributed by atoms with Gasteiger partial charge < -0.3 is 16.0 Å². The first-order chi connectivity index (χ1) is 16.3. The molecule has 0 fully saturated rings. The zero-order valence-corrected chi connectivity index (χ0v) is 22.2. The Kier molecular flexibility index (Phi) is 8.07. The Balaban J connectivity index is 1.86. The molecular weight excluding hydrogens is 462 g/mol. The molecule has 0 aromatic heterocycles. The minimum absolute atomic E-state index is 0.104. The Morgan fingerprint density at radius 2 is 2.09 bits per heavy atom. The molecule has 1 aliphatic heterocycles. The van der Waals surface area contributed by atoms with E-state index in [4.69, 9.17) is 5.26 Å². The largest absolute Gasteiger partial charge is 0.362 e. The van der Waals surface area contributed by atoms with Crippen molar-refractivity contribution in [3.8, 4) is 6.07 Å². The average molecular weight is 500 g/mol. The molecule has 1 heterocycles. The second-order valence-corrected chi connectivity index (χ2v) is 13.3. The highest BCUT2D eigenvalue weighted by atomic mass is 32.2. The predicted molar refractivity (Wildman–Crippen MR) is 141 cm³/mol. The molecule has 1 aromatic carbocycles. The molecule has 0 saturated heterocycles. The van der Waals surface area contributed by atoms with E-state index in [-0.39, 0.29) is 28.3 Å². The number of rotatable bonds is 9. The van der Waals surface area contributed by atoms with Gasteiger partial charge in [-0.25, -0.2) is 13.4 Å². The van der Waals surface area contributed by atoms with Gasteiger partial charge in [-0.05, 0) is 47.9 Å². The van der Waals surface area contributed by atoms with Gasteiger partial charge in [0.05, 0.1) is 18.4 Å². The quantitative estimate of drug-likeness (QED) is 0.449. The van der Waals surface area contributed by atoms with Gasteiger partial charge in [0.15, 0.2) is 11.9 Å². The Labute approximate surface area is 209 Å². The van der Waals surface area contributed by atoms with Crippen LogP contribution in [-0.4, -0.2) is 57.8 Å². The monoisotopic (exact) mass is 499 g/mol. The predicted octanol–water partition coefficient (Wildman–Crippen LogP) is 3.02. The van der Waals surface area contributed by atoms with Crippen LogP contribution in [0, 0.1) is 16.7 Å². The summed E-state index contributed by atoms with van der Waals surface area (Å²) in [5.74, 6) is -0.0667. The van der Waals surface area contributed by atoms with Crippen LogP contribution in [0.2, 0.25) is 0 Å². The molecule has 9 heteroatoms. The van der Waals surface area contributed by atoms with E-state index >= 15 is 0 Å². The highest BCUT2D eigenvalue weighted by Gasteiger charge is 2.27. The fourth-order valence-corrected chi connectivity index (χ4v) is 4.77. The molecule has 0 bridgehead atoms. The Hall–Kier alpha value is -2.70. The molecule has 35 heavy (non-hydrogen) atoms. The lowest BCUT2D eigenvalue weighted by molar-refractivity contribution is -0.110. The molecule has 1 aliphatic carbocycles. The van der Waals surface area contributed by atoms with Crippen molar-refractivity contribution in [2.24, 2.45) is 10.4 Å². The van der Waals surface area contributed by atoms with Gasteiger partial charge in [0, 0.05) is 36.0 Å². The van der Waals surface area contributed by atoms with Crippen LogP contribution in [0.4, 0.5) is 5.69 Å². The molecule has 1 aromatic rings. The van der Waals surface area contributed by atoms with Crippen molar-refractivity contribution in [3.05, 3.63) is 35.4 Å². The van der Waals surface area contributed by atoms with E-state index in [0.717, 1.165) is 36.1 Å². The molecule has 1 amide bonds. The summed E-state index contributed by atoms with van der Waals surface area (Å²) in [4.78, 5) is 17.0. The second-order valence-electron chi connectivity index (χ2n) is 11.0. The number of anilines is 1. The molecule has 2 aliphatic rings. The molecule has 0 saturated carbocycles. The van der Waals surface area contributed by atoms with Crippen molar-refractivity contribution in [2.45, 2.75) is 58.4 Å². The molecule has 0 spiro atoms. The van der Waals surface area contributed by atoms with E-state index in [1.807, 2.05) is 12.1 Å². The first-order valence-electron chi connectivity index (χ1n) is 12.0. The summed E-state index contributed by atoms with van der Waals surface area (Å²) in [5.41, 5.74) is 4.02. The molecular formula is C26H37N5O3S. The average Bonchev–Trinajstić information content (AvgIpc) is 3.26. The maximum Gasteiger partial charge on any atom is 0.290 e. The van der Waals surface area contributed by atoms with Crippen LogP contribution < -0.4 is 16.0 Å². The van der Waals surface area contributed by atoms with E-state index in [0.29, 0.717) is 19.6 Å². The number of carbonyl (C=O) groups is 1. The molecule has 3 rings (SSSR count). The smallest absolute Gasteiger partial charge is 0.290 e. The lowest BCUT2D eigenvalue weighted by Crippen LogP contribution is -2.35. The minimum Gasteiger partial charge on any atom is -0.362 e. The van der Waals surface area contributed by atoms with E-state index in [1.54, 1.807) is 0 Å². The Morgan fingerprint density at radius 1 is 1.34 bits per heavy atom. The van der Waals surface area contributed by atoms with Crippen LogP contribution in [0.15, 0.2) is 29.3 Å². The number of benzene rings is 1. The number of nitriles is 1. The van der Waals surface area contributed by atoms with E-state index in [9.17, 15) is 13.2 Å². The molecule has 190 valence electrons. The molecule has 1 atom stereocenters. The number of amides is 1. The van der Waals surface area contributed by atoms with Crippen molar-refractivity contribution in [1.29, 1.82) is 5.26 Å². The van der Waals surface area contributed by atoms with Crippen LogP contribution in [-0.2, 0) is 20.0 Å². The number of hydrogen-bond donors (Lipinski definition) is 3. The van der Waals surface area contributed by atoms with Crippen molar-refractivity contribution < 1.29 is 13.2 Å². The minimum atomic E-state index is -3.01. The summed E-state index contributed by atoms with van der Waals surface area (Å²) in [7, 11) is -3.01. The summed E-state index contributed by atoms with van der Waals surface area (Å²) < 4.78 is 22.9. The maximum atomic E-state index is 12.9. The summed E-state index contributed by atoms with van der Waals surface area (Å²) >= 11 is 0. The normalized spacial score (nSPS) is 19.8. The number of allylic oxidation sites excluding steroid dienone is 2. The van der Waals surface area contributed by atoms with E-state index < -0.39 is 15.9 Å². The number of sulfone groups is 1. The molecule has 8 nitrogen and oxygen atoms in total. The first kappa shape index (κ1) is 26.9. The van der Waals surface area contributed by atoms with Gasteiger partial charge in [-0.1, -0.05) is 39.8 Å². The third kappa shape index (κ3) is 7.39. The summed E-state index contributed by atoms with van der Waals surface area (Å²) in [6, 6.07) is 7.59. The highest BCUT2D eigenvalue weighted by molar-refractivity contribution is 7.90. The van der Waals surface area contributed by atoms with Crippen LogP contribution in [0.5, 0.6) is 0 Å². The van der Waals surface area contributed by atoms with Crippen LogP contribution in [0.25, 0.3) is 5.57 Å². The van der Waals surface area contributed by atoms with Gasteiger partial charge in [0.2, 0.25) is 0 Å². The maximum absolute atomic E-state index is 12.9. The van der Waals surface area contributed by atoms with Crippen LogP contribution in [0.1, 0.15) is 58.1 Å². The number of nitrogens with one attached hydrogen (secondary N) is 3. The van der Waals surface area contributed by atoms with Gasteiger partial charge in [-0.15, -0.1) is 0 Å². The van der Waals surface area contributed by atoms with Gasteiger partial charge >= 0.3 is 0 Å². The first-order valence-corrected chi connectivity index (χ1v) is 14.1. The molecule has 3 N–H and O–H groups in total. The number of amidine groups is 1. The zero-order valence-electron chi connectivity index (χ0n) is 21.4. The third-order valence-corrected chi connectivity index (χ3v) is 7.64. The Morgan fingerprint density at radius 3 is 2.69 bits per heavy atom. The van der Waals surface area contributed by atoms with Gasteiger partial charge in [0.1, 0.15) is 9.84 Å². The van der Waals surface area contributed by atoms with Crippen LogP contribution in [0.3, 0.4) is 0 Å². The summed E-state index contributed by atoms with van der Waals surface area (Å²) in [6.07, 6.45) is 6.46. The number of hydrogen-bond acceptors (Lipinski definition) is 7. The van der Waals surface area contributed by atoms with E-state index in [1.165, 1.54) is 11.8 Å². The van der Waals surface area contributed by atoms with Crippen molar-refractivity contribution in [2.75, 3.05) is 37.0 Å². The van der Waals surface area contributed by atoms with Crippen LogP contribution >= 0.6 is 0 Å². The standard InChI is InChI=1S/C26H37N5O3S/c1-25(2)10-8-18(9-11-25)21-14-19(26(3,4)17-28-12-13-35(5,33)34)6-7-22(21)31-24(32)23-29-16-20(15-27)30-23/h6-8,14,20,28H,9-13,16-17H2,1-5H3,(H,29,30)(H,31,32). The van der Waals surface area contributed by atoms with E-state index in [2.05, 4.69) is 66.8 Å².